The first-order valence-corrected chi connectivity index (χ1v) is 6.38. The van der Waals surface area contributed by atoms with Crippen molar-refractivity contribution in [2.24, 2.45) is 0 Å². The third kappa shape index (κ3) is 3.34. The molecule has 2 aromatic rings. The van der Waals surface area contributed by atoms with Crippen LogP contribution in [0.3, 0.4) is 0 Å². The first kappa shape index (κ1) is 14.0. The van der Waals surface area contributed by atoms with E-state index in [0.717, 1.165) is 22.7 Å². The first-order valence-electron chi connectivity index (χ1n) is 6.38. The van der Waals surface area contributed by atoms with Crippen molar-refractivity contribution in [2.45, 2.75) is 26.9 Å². The number of aryl methyl sites for hydroxylation is 2. The minimum absolute atomic E-state index is 0.157. The van der Waals surface area contributed by atoms with E-state index in [9.17, 15) is 4.79 Å². The van der Waals surface area contributed by atoms with Gasteiger partial charge in [-0.15, -0.1) is 0 Å². The van der Waals surface area contributed by atoms with Gasteiger partial charge in [0, 0.05) is 18.8 Å². The lowest BCUT2D eigenvalue weighted by Gasteiger charge is -2.17. The number of nitrogens with zero attached hydrogens (tertiary/aromatic N) is 3. The molecule has 0 bridgehead atoms. The van der Waals surface area contributed by atoms with Crippen LogP contribution in [-0.4, -0.2) is 28.1 Å². The highest BCUT2D eigenvalue weighted by molar-refractivity contribution is 5.73. The zero-order valence-corrected chi connectivity index (χ0v) is 11.9. The summed E-state index contributed by atoms with van der Waals surface area (Å²) in [6.07, 6.45) is 1.70. The molecule has 0 aliphatic heterocycles. The molecule has 0 saturated heterocycles. The minimum Gasteiger partial charge on any atom is -0.361 e. The van der Waals surface area contributed by atoms with E-state index in [0.29, 0.717) is 13.1 Å². The van der Waals surface area contributed by atoms with Crippen LogP contribution in [0.4, 0.5) is 4.79 Å². The van der Waals surface area contributed by atoms with Gasteiger partial charge in [0.15, 0.2) is 0 Å². The molecular formula is C14H18N4O2. The maximum Gasteiger partial charge on any atom is 0.317 e. The number of rotatable bonds is 4. The van der Waals surface area contributed by atoms with E-state index >= 15 is 0 Å². The molecule has 2 heterocycles. The number of carbonyl (C=O) groups excluding carboxylic acids is 1. The fourth-order valence-corrected chi connectivity index (χ4v) is 1.84. The van der Waals surface area contributed by atoms with Gasteiger partial charge in [-0.3, -0.25) is 4.98 Å². The Labute approximate surface area is 117 Å². The minimum atomic E-state index is -0.157. The lowest BCUT2D eigenvalue weighted by molar-refractivity contribution is 0.206. The molecule has 6 heteroatoms. The summed E-state index contributed by atoms with van der Waals surface area (Å²) in [6, 6.07) is 5.45. The molecule has 20 heavy (non-hydrogen) atoms. The molecular weight excluding hydrogens is 256 g/mol. The van der Waals surface area contributed by atoms with Gasteiger partial charge in [-0.05, 0) is 26.0 Å². The number of urea groups is 1. The standard InChI is InChI=1S/C14H18N4O2/c1-10-13(11(2)20-17-10)9-18(3)14(19)16-8-12-6-4-5-7-15-12/h4-7H,8-9H2,1-3H3,(H,16,19). The smallest absolute Gasteiger partial charge is 0.317 e. The molecule has 0 saturated carbocycles. The van der Waals surface area contributed by atoms with Gasteiger partial charge in [-0.25, -0.2) is 4.79 Å². The van der Waals surface area contributed by atoms with E-state index < -0.39 is 0 Å². The highest BCUT2D eigenvalue weighted by Crippen LogP contribution is 2.14. The van der Waals surface area contributed by atoms with Gasteiger partial charge in [0.2, 0.25) is 0 Å². The Hall–Kier alpha value is -2.37. The summed E-state index contributed by atoms with van der Waals surface area (Å²) in [5, 5.41) is 6.70. The molecule has 0 aliphatic carbocycles. The fraction of sp³-hybridized carbons (Fsp3) is 0.357. The van der Waals surface area contributed by atoms with Crippen LogP contribution in [0, 0.1) is 13.8 Å². The molecule has 0 spiro atoms. The Morgan fingerprint density at radius 1 is 1.40 bits per heavy atom. The number of hydrogen-bond acceptors (Lipinski definition) is 4. The third-order valence-electron chi connectivity index (χ3n) is 3.07. The molecule has 0 unspecified atom stereocenters. The molecule has 2 rings (SSSR count). The highest BCUT2D eigenvalue weighted by Gasteiger charge is 2.15. The second-order valence-corrected chi connectivity index (χ2v) is 4.64. The van der Waals surface area contributed by atoms with E-state index in [-0.39, 0.29) is 6.03 Å². The van der Waals surface area contributed by atoms with Crippen molar-refractivity contribution in [3.05, 3.63) is 47.1 Å². The largest absolute Gasteiger partial charge is 0.361 e. The summed E-state index contributed by atoms with van der Waals surface area (Å²) in [5.41, 5.74) is 2.58. The lowest BCUT2D eigenvalue weighted by atomic mass is 10.2. The molecule has 0 fully saturated rings. The van der Waals surface area contributed by atoms with E-state index in [1.165, 1.54) is 0 Å². The molecule has 0 aromatic carbocycles. The lowest BCUT2D eigenvalue weighted by Crippen LogP contribution is -2.36. The molecule has 106 valence electrons. The van der Waals surface area contributed by atoms with Crippen LogP contribution < -0.4 is 5.32 Å². The van der Waals surface area contributed by atoms with Crippen molar-refractivity contribution in [3.8, 4) is 0 Å². The quantitative estimate of drug-likeness (QED) is 0.926. The zero-order chi connectivity index (χ0) is 14.5. The number of aromatic nitrogens is 2. The summed E-state index contributed by atoms with van der Waals surface area (Å²) >= 11 is 0. The van der Waals surface area contributed by atoms with Crippen LogP contribution in [0.1, 0.15) is 22.7 Å². The summed E-state index contributed by atoms with van der Waals surface area (Å²) < 4.78 is 5.09. The Morgan fingerprint density at radius 3 is 2.80 bits per heavy atom. The van der Waals surface area contributed by atoms with Crippen LogP contribution in [0.5, 0.6) is 0 Å². The summed E-state index contributed by atoms with van der Waals surface area (Å²) in [6.45, 7) is 4.58. The average Bonchev–Trinajstić information content (AvgIpc) is 2.77. The second-order valence-electron chi connectivity index (χ2n) is 4.64. The van der Waals surface area contributed by atoms with Crippen molar-refractivity contribution in [1.82, 2.24) is 20.4 Å². The Kier molecular flexibility index (Phi) is 4.34. The van der Waals surface area contributed by atoms with Gasteiger partial charge < -0.3 is 14.7 Å². The molecule has 0 aliphatic rings. The van der Waals surface area contributed by atoms with Crippen molar-refractivity contribution in [1.29, 1.82) is 0 Å². The van der Waals surface area contributed by atoms with Crippen molar-refractivity contribution in [2.75, 3.05) is 7.05 Å². The van der Waals surface area contributed by atoms with Gasteiger partial charge >= 0.3 is 6.03 Å². The molecule has 0 radical (unpaired) electrons. The van der Waals surface area contributed by atoms with Gasteiger partial charge in [0.25, 0.3) is 0 Å². The highest BCUT2D eigenvalue weighted by atomic mass is 16.5. The van der Waals surface area contributed by atoms with E-state index in [2.05, 4.69) is 15.5 Å². The van der Waals surface area contributed by atoms with Gasteiger partial charge in [-0.2, -0.15) is 0 Å². The average molecular weight is 274 g/mol. The number of carbonyl (C=O) groups is 1. The number of pyridine rings is 1. The molecule has 2 aromatic heterocycles. The van der Waals surface area contributed by atoms with Crippen LogP contribution >= 0.6 is 0 Å². The maximum atomic E-state index is 12.0. The first-order chi connectivity index (χ1) is 9.58. The topological polar surface area (TPSA) is 71.3 Å². The summed E-state index contributed by atoms with van der Waals surface area (Å²) in [4.78, 5) is 17.7. The van der Waals surface area contributed by atoms with E-state index in [1.54, 1.807) is 18.1 Å². The molecule has 6 nitrogen and oxygen atoms in total. The third-order valence-corrected chi connectivity index (χ3v) is 3.07. The predicted octanol–water partition coefficient (Wildman–Crippen LogP) is 2.03. The van der Waals surface area contributed by atoms with E-state index in [4.69, 9.17) is 4.52 Å². The van der Waals surface area contributed by atoms with Crippen molar-refractivity contribution in [3.63, 3.8) is 0 Å². The Bertz CT molecular complexity index is 561. The van der Waals surface area contributed by atoms with Crippen LogP contribution in [0.25, 0.3) is 0 Å². The molecule has 2 amide bonds. The normalized spacial score (nSPS) is 10.3. The van der Waals surface area contributed by atoms with E-state index in [1.807, 2.05) is 32.0 Å². The van der Waals surface area contributed by atoms with Crippen LogP contribution in [0.15, 0.2) is 28.9 Å². The molecule has 0 atom stereocenters. The second kappa shape index (κ2) is 6.18. The van der Waals surface area contributed by atoms with Gasteiger partial charge in [-0.1, -0.05) is 11.2 Å². The number of amides is 2. The fourth-order valence-electron chi connectivity index (χ4n) is 1.84. The monoisotopic (exact) mass is 274 g/mol. The maximum absolute atomic E-state index is 12.0. The van der Waals surface area contributed by atoms with Crippen LogP contribution in [-0.2, 0) is 13.1 Å². The van der Waals surface area contributed by atoms with Crippen LogP contribution in [0.2, 0.25) is 0 Å². The molecule has 1 N–H and O–H groups in total. The Morgan fingerprint density at radius 2 is 2.20 bits per heavy atom. The number of hydrogen-bond donors (Lipinski definition) is 1. The predicted molar refractivity (Wildman–Crippen MR) is 73.9 cm³/mol. The summed E-state index contributed by atoms with van der Waals surface area (Å²) in [7, 11) is 1.74. The summed E-state index contributed by atoms with van der Waals surface area (Å²) in [5.74, 6) is 0.742. The number of nitrogens with one attached hydrogen (secondary N) is 1. The zero-order valence-electron chi connectivity index (χ0n) is 11.9. The van der Waals surface area contributed by atoms with Crippen molar-refractivity contribution < 1.29 is 9.32 Å². The SMILES string of the molecule is Cc1noc(C)c1CN(C)C(=O)NCc1ccccn1. The van der Waals surface area contributed by atoms with Gasteiger partial charge in [0.1, 0.15) is 5.76 Å². The van der Waals surface area contributed by atoms with Gasteiger partial charge in [0.05, 0.1) is 24.5 Å². The Balaban J connectivity index is 1.89. The van der Waals surface area contributed by atoms with Crippen molar-refractivity contribution >= 4 is 6.03 Å².